The Balaban J connectivity index is 1.90. The normalized spacial score (nSPS) is 18.1. The van der Waals surface area contributed by atoms with Crippen molar-refractivity contribution in [3.8, 4) is 0 Å². The molecule has 1 aromatic heterocycles. The smallest absolute Gasteiger partial charge is 0.0312 e. The van der Waals surface area contributed by atoms with E-state index in [2.05, 4.69) is 42.2 Å². The maximum atomic E-state index is 4.21. The second-order valence-corrected chi connectivity index (χ2v) is 6.78. The molecule has 0 unspecified atom stereocenters. The van der Waals surface area contributed by atoms with E-state index in [9.17, 15) is 0 Å². The SMILES string of the molecule is CC(C)NCC1(CN(C)Cc2cccnc2)CCCC1. The molecule has 1 heterocycles. The van der Waals surface area contributed by atoms with Crippen molar-refractivity contribution < 1.29 is 0 Å². The lowest BCUT2D eigenvalue weighted by Gasteiger charge is -2.34. The van der Waals surface area contributed by atoms with E-state index < -0.39 is 0 Å². The summed E-state index contributed by atoms with van der Waals surface area (Å²) in [5.74, 6) is 0. The van der Waals surface area contributed by atoms with E-state index >= 15 is 0 Å². The van der Waals surface area contributed by atoms with Crippen LogP contribution >= 0.6 is 0 Å². The highest BCUT2D eigenvalue weighted by Gasteiger charge is 2.34. The van der Waals surface area contributed by atoms with E-state index in [0.717, 1.165) is 13.1 Å². The largest absolute Gasteiger partial charge is 0.314 e. The average molecular weight is 275 g/mol. The van der Waals surface area contributed by atoms with E-state index in [-0.39, 0.29) is 0 Å². The molecule has 0 aromatic carbocycles. The zero-order valence-electron chi connectivity index (χ0n) is 13.2. The van der Waals surface area contributed by atoms with Crippen LogP contribution < -0.4 is 5.32 Å². The number of rotatable bonds is 7. The zero-order valence-corrected chi connectivity index (χ0v) is 13.2. The first-order valence-corrected chi connectivity index (χ1v) is 7.90. The van der Waals surface area contributed by atoms with Gasteiger partial charge in [0.05, 0.1) is 0 Å². The number of nitrogens with zero attached hydrogens (tertiary/aromatic N) is 2. The van der Waals surface area contributed by atoms with Crippen molar-refractivity contribution in [2.45, 2.75) is 52.1 Å². The molecule has 1 fully saturated rings. The molecule has 1 saturated carbocycles. The van der Waals surface area contributed by atoms with Crippen LogP contribution in [-0.4, -0.2) is 36.1 Å². The quantitative estimate of drug-likeness (QED) is 0.829. The highest BCUT2D eigenvalue weighted by Crippen LogP contribution is 2.38. The molecule has 3 heteroatoms. The third-order valence-electron chi connectivity index (χ3n) is 4.33. The number of hydrogen-bond donors (Lipinski definition) is 1. The molecule has 0 spiro atoms. The third-order valence-corrected chi connectivity index (χ3v) is 4.33. The molecule has 0 amide bonds. The van der Waals surface area contributed by atoms with Crippen molar-refractivity contribution >= 4 is 0 Å². The number of hydrogen-bond acceptors (Lipinski definition) is 3. The van der Waals surface area contributed by atoms with E-state index in [1.807, 2.05) is 18.5 Å². The van der Waals surface area contributed by atoms with Crippen LogP contribution in [0.1, 0.15) is 45.1 Å². The van der Waals surface area contributed by atoms with Crippen LogP contribution in [0.25, 0.3) is 0 Å². The van der Waals surface area contributed by atoms with Gasteiger partial charge in [0.15, 0.2) is 0 Å². The lowest BCUT2D eigenvalue weighted by atomic mass is 9.85. The second-order valence-electron chi connectivity index (χ2n) is 6.78. The van der Waals surface area contributed by atoms with Crippen molar-refractivity contribution in [1.29, 1.82) is 0 Å². The van der Waals surface area contributed by atoms with Crippen molar-refractivity contribution in [3.63, 3.8) is 0 Å². The van der Waals surface area contributed by atoms with Crippen molar-refractivity contribution in [1.82, 2.24) is 15.2 Å². The molecule has 1 N–H and O–H groups in total. The molecule has 20 heavy (non-hydrogen) atoms. The minimum Gasteiger partial charge on any atom is -0.314 e. The van der Waals surface area contributed by atoms with Gasteiger partial charge in [0.1, 0.15) is 0 Å². The molecule has 3 nitrogen and oxygen atoms in total. The van der Waals surface area contributed by atoms with Gasteiger partial charge in [-0.25, -0.2) is 0 Å². The van der Waals surface area contributed by atoms with Crippen LogP contribution in [0.3, 0.4) is 0 Å². The Bertz CT molecular complexity index is 382. The topological polar surface area (TPSA) is 28.2 Å². The zero-order chi connectivity index (χ0) is 14.4. The number of pyridine rings is 1. The predicted molar refractivity (Wildman–Crippen MR) is 84.6 cm³/mol. The second kappa shape index (κ2) is 7.19. The first kappa shape index (κ1) is 15.5. The van der Waals surface area contributed by atoms with E-state index in [1.54, 1.807) is 0 Å². The van der Waals surface area contributed by atoms with Crippen LogP contribution in [0.15, 0.2) is 24.5 Å². The van der Waals surface area contributed by atoms with Gasteiger partial charge in [0, 0.05) is 38.1 Å². The van der Waals surface area contributed by atoms with Gasteiger partial charge in [0.2, 0.25) is 0 Å². The Morgan fingerprint density at radius 3 is 2.70 bits per heavy atom. The van der Waals surface area contributed by atoms with Crippen molar-refractivity contribution in [2.75, 3.05) is 20.1 Å². The first-order chi connectivity index (χ1) is 9.60. The van der Waals surface area contributed by atoms with Crippen LogP contribution in [0.4, 0.5) is 0 Å². The Morgan fingerprint density at radius 2 is 2.10 bits per heavy atom. The maximum Gasteiger partial charge on any atom is 0.0312 e. The number of aromatic nitrogens is 1. The minimum absolute atomic E-state index is 0.473. The summed E-state index contributed by atoms with van der Waals surface area (Å²) in [5, 5.41) is 3.66. The fourth-order valence-electron chi connectivity index (χ4n) is 3.37. The number of nitrogens with one attached hydrogen (secondary N) is 1. The van der Waals surface area contributed by atoms with Gasteiger partial charge in [-0.15, -0.1) is 0 Å². The maximum absolute atomic E-state index is 4.21. The van der Waals surface area contributed by atoms with Gasteiger partial charge in [-0.05, 0) is 36.9 Å². The minimum atomic E-state index is 0.473. The molecule has 1 aromatic rings. The molecule has 0 radical (unpaired) electrons. The lowest BCUT2D eigenvalue weighted by Crippen LogP contribution is -2.43. The van der Waals surface area contributed by atoms with E-state index in [1.165, 1.54) is 37.8 Å². The fraction of sp³-hybridized carbons (Fsp3) is 0.706. The van der Waals surface area contributed by atoms with Gasteiger partial charge in [0.25, 0.3) is 0 Å². The molecule has 0 atom stereocenters. The summed E-state index contributed by atoms with van der Waals surface area (Å²) >= 11 is 0. The Kier molecular flexibility index (Phi) is 5.55. The summed E-state index contributed by atoms with van der Waals surface area (Å²) in [6.45, 7) is 7.81. The summed E-state index contributed by atoms with van der Waals surface area (Å²) in [4.78, 5) is 6.67. The van der Waals surface area contributed by atoms with Crippen LogP contribution in [0, 0.1) is 5.41 Å². The molecule has 0 aliphatic heterocycles. The predicted octanol–water partition coefficient (Wildman–Crippen LogP) is 3.07. The molecule has 0 saturated heterocycles. The van der Waals surface area contributed by atoms with Crippen molar-refractivity contribution in [2.24, 2.45) is 5.41 Å². The van der Waals surface area contributed by atoms with Gasteiger partial charge in [-0.1, -0.05) is 32.8 Å². The molecule has 2 rings (SSSR count). The summed E-state index contributed by atoms with van der Waals surface area (Å²) in [6, 6.07) is 4.77. The van der Waals surface area contributed by atoms with Crippen LogP contribution in [-0.2, 0) is 6.54 Å². The monoisotopic (exact) mass is 275 g/mol. The van der Waals surface area contributed by atoms with Gasteiger partial charge < -0.3 is 10.2 Å². The van der Waals surface area contributed by atoms with Crippen molar-refractivity contribution in [3.05, 3.63) is 30.1 Å². The molecule has 1 aliphatic rings. The fourth-order valence-corrected chi connectivity index (χ4v) is 3.37. The highest BCUT2D eigenvalue weighted by molar-refractivity contribution is 5.08. The van der Waals surface area contributed by atoms with Gasteiger partial charge >= 0.3 is 0 Å². The van der Waals surface area contributed by atoms with E-state index in [0.29, 0.717) is 11.5 Å². The lowest BCUT2D eigenvalue weighted by molar-refractivity contribution is 0.164. The Hall–Kier alpha value is -0.930. The molecule has 1 aliphatic carbocycles. The Morgan fingerprint density at radius 1 is 1.35 bits per heavy atom. The highest BCUT2D eigenvalue weighted by atomic mass is 15.1. The third kappa shape index (κ3) is 4.57. The van der Waals surface area contributed by atoms with E-state index in [4.69, 9.17) is 0 Å². The van der Waals surface area contributed by atoms with Gasteiger partial charge in [-0.3, -0.25) is 4.98 Å². The molecule has 0 bridgehead atoms. The average Bonchev–Trinajstić information content (AvgIpc) is 2.86. The summed E-state index contributed by atoms with van der Waals surface area (Å²) in [5.41, 5.74) is 1.78. The summed E-state index contributed by atoms with van der Waals surface area (Å²) < 4.78 is 0. The van der Waals surface area contributed by atoms with Gasteiger partial charge in [-0.2, -0.15) is 0 Å². The van der Waals surface area contributed by atoms with Crippen LogP contribution in [0.5, 0.6) is 0 Å². The van der Waals surface area contributed by atoms with Crippen LogP contribution in [0.2, 0.25) is 0 Å². The Labute approximate surface area is 123 Å². The molecular weight excluding hydrogens is 246 g/mol. The summed E-state index contributed by atoms with van der Waals surface area (Å²) in [6.07, 6.45) is 9.33. The summed E-state index contributed by atoms with van der Waals surface area (Å²) in [7, 11) is 2.24. The molecular formula is C17H29N3. The molecule has 112 valence electrons. The first-order valence-electron chi connectivity index (χ1n) is 7.90. The standard InChI is InChI=1S/C17H29N3/c1-15(2)19-13-17(8-4-5-9-17)14-20(3)12-16-7-6-10-18-11-16/h6-7,10-11,15,19H,4-5,8-9,12-14H2,1-3H3.